The van der Waals surface area contributed by atoms with Gasteiger partial charge in [-0.05, 0) is 49.7 Å². The van der Waals surface area contributed by atoms with E-state index in [9.17, 15) is 29.4 Å². The summed E-state index contributed by atoms with van der Waals surface area (Å²) >= 11 is 2.99. The standard InChI is InChI=1S/C20H38N4O6S2/c1-6-11(2)15(20(29)30)23-18(27)14(8-10-32-5)22-19(28)16(12(3)25)24-17(26)13(21)7-9-31-4/h11-16,25H,6-10,21H2,1-5H3,(H,22,28)(H,23,27)(H,24,26)(H,29,30). The zero-order valence-corrected chi connectivity index (χ0v) is 21.1. The van der Waals surface area contributed by atoms with Crippen LogP contribution >= 0.6 is 23.5 Å². The highest BCUT2D eigenvalue weighted by molar-refractivity contribution is 7.98. The number of hydrogen-bond acceptors (Lipinski definition) is 8. The molecule has 186 valence electrons. The van der Waals surface area contributed by atoms with Crippen molar-refractivity contribution < 1.29 is 29.4 Å². The van der Waals surface area contributed by atoms with E-state index in [0.717, 1.165) is 0 Å². The summed E-state index contributed by atoms with van der Waals surface area (Å²) in [4.78, 5) is 49.5. The van der Waals surface area contributed by atoms with Crippen LogP contribution in [0, 0.1) is 5.92 Å². The van der Waals surface area contributed by atoms with E-state index >= 15 is 0 Å². The van der Waals surface area contributed by atoms with Crippen molar-refractivity contribution in [2.75, 3.05) is 24.0 Å². The number of nitrogens with one attached hydrogen (secondary N) is 3. The molecule has 0 aromatic carbocycles. The molecule has 0 aromatic rings. The number of aliphatic hydroxyl groups is 1. The zero-order chi connectivity index (χ0) is 24.8. The molecule has 0 aliphatic heterocycles. The highest BCUT2D eigenvalue weighted by atomic mass is 32.2. The van der Waals surface area contributed by atoms with Crippen LogP contribution in [-0.2, 0) is 19.2 Å². The summed E-state index contributed by atoms with van der Waals surface area (Å²) in [6, 6.07) is -4.26. The van der Waals surface area contributed by atoms with Crippen LogP contribution in [0.25, 0.3) is 0 Å². The highest BCUT2D eigenvalue weighted by Crippen LogP contribution is 2.10. The van der Waals surface area contributed by atoms with Gasteiger partial charge < -0.3 is 31.9 Å². The minimum Gasteiger partial charge on any atom is -0.480 e. The Morgan fingerprint density at radius 1 is 0.875 bits per heavy atom. The minimum atomic E-state index is -1.31. The number of hydrogen-bond donors (Lipinski definition) is 6. The molecule has 6 atom stereocenters. The second kappa shape index (κ2) is 16.2. The maximum absolute atomic E-state index is 12.8. The lowest BCUT2D eigenvalue weighted by Gasteiger charge is -2.27. The maximum Gasteiger partial charge on any atom is 0.326 e. The summed E-state index contributed by atoms with van der Waals surface area (Å²) in [6.45, 7) is 4.88. The van der Waals surface area contributed by atoms with Crippen LogP contribution in [0.1, 0.15) is 40.0 Å². The average molecular weight is 495 g/mol. The van der Waals surface area contributed by atoms with Crippen LogP contribution in [0.4, 0.5) is 0 Å². The van der Waals surface area contributed by atoms with Gasteiger partial charge in [-0.15, -0.1) is 0 Å². The first-order chi connectivity index (χ1) is 15.0. The van der Waals surface area contributed by atoms with E-state index in [1.54, 1.807) is 6.92 Å². The Bertz CT molecular complexity index is 623. The van der Waals surface area contributed by atoms with Gasteiger partial charge in [0.05, 0.1) is 12.1 Å². The van der Waals surface area contributed by atoms with Crippen molar-refractivity contribution in [1.82, 2.24) is 16.0 Å². The Morgan fingerprint density at radius 3 is 1.88 bits per heavy atom. The number of amides is 3. The Balaban J connectivity index is 5.38. The van der Waals surface area contributed by atoms with Crippen molar-refractivity contribution in [3.05, 3.63) is 0 Å². The third-order valence-corrected chi connectivity index (χ3v) is 6.34. The van der Waals surface area contributed by atoms with Gasteiger partial charge in [0.1, 0.15) is 18.1 Å². The molecule has 6 unspecified atom stereocenters. The topological polar surface area (TPSA) is 171 Å². The molecular formula is C20H38N4O6S2. The summed E-state index contributed by atoms with van der Waals surface area (Å²) in [5.41, 5.74) is 5.83. The van der Waals surface area contributed by atoms with E-state index in [4.69, 9.17) is 5.73 Å². The molecule has 0 spiro atoms. The lowest BCUT2D eigenvalue weighted by molar-refractivity contribution is -0.144. The third-order valence-electron chi connectivity index (χ3n) is 5.05. The smallest absolute Gasteiger partial charge is 0.326 e. The second-order valence-corrected chi connectivity index (χ2v) is 9.64. The molecule has 0 rings (SSSR count). The van der Waals surface area contributed by atoms with Crippen LogP contribution in [-0.4, -0.2) is 88.2 Å². The first kappa shape index (κ1) is 30.5. The summed E-state index contributed by atoms with van der Waals surface area (Å²) in [6.07, 6.45) is 3.69. The number of nitrogens with two attached hydrogens (primary N) is 1. The highest BCUT2D eigenvalue weighted by Gasteiger charge is 2.33. The first-order valence-corrected chi connectivity index (χ1v) is 13.3. The van der Waals surface area contributed by atoms with Crippen molar-refractivity contribution in [2.24, 2.45) is 11.7 Å². The number of aliphatic hydroxyl groups excluding tert-OH is 1. The van der Waals surface area contributed by atoms with Gasteiger partial charge in [0.15, 0.2) is 0 Å². The molecule has 0 aliphatic carbocycles. The lowest BCUT2D eigenvalue weighted by atomic mass is 9.98. The number of rotatable bonds is 16. The number of carboxylic acid groups (broad SMARTS) is 1. The van der Waals surface area contributed by atoms with Crippen LogP contribution in [0.15, 0.2) is 0 Å². The normalized spacial score (nSPS) is 16.7. The molecular weight excluding hydrogens is 456 g/mol. The van der Waals surface area contributed by atoms with E-state index in [1.165, 1.54) is 30.4 Å². The SMILES string of the molecule is CCC(C)C(NC(=O)C(CCSC)NC(=O)C(NC(=O)C(N)CCSC)C(C)O)C(=O)O. The van der Waals surface area contributed by atoms with Gasteiger partial charge in [-0.1, -0.05) is 20.3 Å². The summed E-state index contributed by atoms with van der Waals surface area (Å²) in [7, 11) is 0. The van der Waals surface area contributed by atoms with Crippen molar-refractivity contribution in [3.8, 4) is 0 Å². The molecule has 0 bridgehead atoms. The van der Waals surface area contributed by atoms with Crippen LogP contribution in [0.3, 0.4) is 0 Å². The van der Waals surface area contributed by atoms with Gasteiger partial charge in [0.25, 0.3) is 0 Å². The predicted octanol–water partition coefficient (Wildman–Crippen LogP) is -0.214. The monoisotopic (exact) mass is 494 g/mol. The molecule has 0 fully saturated rings. The molecule has 7 N–H and O–H groups in total. The first-order valence-electron chi connectivity index (χ1n) is 10.5. The van der Waals surface area contributed by atoms with Crippen LogP contribution in [0.5, 0.6) is 0 Å². The van der Waals surface area contributed by atoms with Crippen molar-refractivity contribution in [1.29, 1.82) is 0 Å². The van der Waals surface area contributed by atoms with Crippen molar-refractivity contribution >= 4 is 47.2 Å². The molecule has 3 amide bonds. The number of carbonyl (C=O) groups is 4. The molecule has 0 saturated heterocycles. The quantitative estimate of drug-likeness (QED) is 0.170. The van der Waals surface area contributed by atoms with E-state index in [-0.39, 0.29) is 12.3 Å². The van der Waals surface area contributed by atoms with E-state index < -0.39 is 54.0 Å². The average Bonchev–Trinajstić information content (AvgIpc) is 2.75. The van der Waals surface area contributed by atoms with Gasteiger partial charge in [0, 0.05) is 0 Å². The van der Waals surface area contributed by atoms with Gasteiger partial charge in [-0.3, -0.25) is 14.4 Å². The third kappa shape index (κ3) is 10.9. The lowest BCUT2D eigenvalue weighted by Crippen LogP contribution is -2.60. The molecule has 0 radical (unpaired) electrons. The second-order valence-electron chi connectivity index (χ2n) is 7.67. The van der Waals surface area contributed by atoms with Crippen molar-refractivity contribution in [3.63, 3.8) is 0 Å². The maximum atomic E-state index is 12.8. The van der Waals surface area contributed by atoms with Crippen LogP contribution in [0.2, 0.25) is 0 Å². The summed E-state index contributed by atoms with van der Waals surface area (Å²) in [5, 5.41) is 27.0. The van der Waals surface area contributed by atoms with Crippen molar-refractivity contribution in [2.45, 2.75) is 70.3 Å². The fraction of sp³-hybridized carbons (Fsp3) is 0.800. The molecule has 0 aromatic heterocycles. The molecule has 12 heteroatoms. The minimum absolute atomic E-state index is 0.249. The van der Waals surface area contributed by atoms with Gasteiger partial charge in [0.2, 0.25) is 17.7 Å². The summed E-state index contributed by atoms with van der Waals surface area (Å²) < 4.78 is 0. The number of carbonyl (C=O) groups excluding carboxylic acids is 3. The Hall–Kier alpha value is -1.50. The molecule has 10 nitrogen and oxygen atoms in total. The number of aliphatic carboxylic acids is 1. The molecule has 32 heavy (non-hydrogen) atoms. The summed E-state index contributed by atoms with van der Waals surface area (Å²) in [5.74, 6) is -2.22. The Labute approximate surface area is 198 Å². The van der Waals surface area contributed by atoms with E-state index in [2.05, 4.69) is 16.0 Å². The fourth-order valence-electron chi connectivity index (χ4n) is 2.74. The van der Waals surface area contributed by atoms with Crippen LogP contribution < -0.4 is 21.7 Å². The molecule has 0 heterocycles. The molecule has 0 aliphatic rings. The predicted molar refractivity (Wildman–Crippen MR) is 129 cm³/mol. The Kier molecular flexibility index (Phi) is 15.4. The largest absolute Gasteiger partial charge is 0.480 e. The van der Waals surface area contributed by atoms with E-state index in [1.807, 2.05) is 19.4 Å². The van der Waals surface area contributed by atoms with Gasteiger partial charge in [-0.2, -0.15) is 23.5 Å². The zero-order valence-electron chi connectivity index (χ0n) is 19.4. The van der Waals surface area contributed by atoms with Gasteiger partial charge in [-0.25, -0.2) is 4.79 Å². The number of thioether (sulfide) groups is 2. The van der Waals surface area contributed by atoms with Gasteiger partial charge >= 0.3 is 5.97 Å². The Morgan fingerprint density at radius 2 is 1.41 bits per heavy atom. The van der Waals surface area contributed by atoms with E-state index in [0.29, 0.717) is 24.3 Å². The molecule has 0 saturated carbocycles. The fourth-order valence-corrected chi connectivity index (χ4v) is 3.71. The number of carboxylic acids is 1.